The zero-order valence-corrected chi connectivity index (χ0v) is 23.9. The maximum atomic E-state index is 14.2. The van der Waals surface area contributed by atoms with E-state index in [4.69, 9.17) is 4.74 Å². The predicted octanol–water partition coefficient (Wildman–Crippen LogP) is 7.49. The van der Waals surface area contributed by atoms with Crippen molar-refractivity contribution in [1.82, 2.24) is 4.90 Å². The van der Waals surface area contributed by atoms with Crippen molar-refractivity contribution in [2.75, 3.05) is 36.0 Å². The average Bonchev–Trinajstić information content (AvgIpc) is 3.56. The first-order valence-electron chi connectivity index (χ1n) is 14.0. The van der Waals surface area contributed by atoms with E-state index in [-0.39, 0.29) is 5.91 Å². The maximum absolute atomic E-state index is 14.2. The molecule has 5 nitrogen and oxygen atoms in total. The Morgan fingerprint density at radius 2 is 1.33 bits per heavy atom. The van der Waals surface area contributed by atoms with Crippen LogP contribution in [0.25, 0.3) is 0 Å². The van der Waals surface area contributed by atoms with Gasteiger partial charge in [-0.2, -0.15) is 0 Å². The SMILES string of the molecule is CCN(CC)c1ccc2c(c1)Oc1cc(N(CC)CC)ccc1C21c2ccccc2C(=O)N1Cc1cccs1. The molecular weight excluding hydrogens is 502 g/mol. The van der Waals surface area contributed by atoms with E-state index >= 15 is 0 Å². The van der Waals surface area contributed by atoms with E-state index < -0.39 is 5.54 Å². The topological polar surface area (TPSA) is 36.0 Å². The van der Waals surface area contributed by atoms with Crippen molar-refractivity contribution in [3.8, 4) is 11.5 Å². The van der Waals surface area contributed by atoms with Gasteiger partial charge in [-0.05, 0) is 62.9 Å². The first-order valence-corrected chi connectivity index (χ1v) is 14.8. The van der Waals surface area contributed by atoms with Crippen LogP contribution in [0.2, 0.25) is 0 Å². The molecule has 0 aliphatic carbocycles. The Hall–Kier alpha value is -3.77. The molecular formula is C33H35N3O2S. The Labute approximate surface area is 235 Å². The summed E-state index contributed by atoms with van der Waals surface area (Å²) in [7, 11) is 0. The standard InChI is InChI=1S/C33H35N3O2S/c1-5-34(6-2)23-15-17-28-30(20-23)38-31-21-24(35(7-3)8-4)16-18-29(31)33(28)27-14-10-9-13-26(27)32(37)36(33)22-25-12-11-19-39-25/h9-21H,5-8,22H2,1-4H3. The van der Waals surface area contributed by atoms with Gasteiger partial charge in [0, 0.05) is 71.3 Å². The first-order chi connectivity index (χ1) is 19.1. The van der Waals surface area contributed by atoms with Crippen LogP contribution in [0.4, 0.5) is 11.4 Å². The lowest BCUT2D eigenvalue weighted by Gasteiger charge is -2.44. The molecule has 1 spiro atoms. The van der Waals surface area contributed by atoms with Crippen molar-refractivity contribution in [3.63, 3.8) is 0 Å². The Morgan fingerprint density at radius 3 is 1.87 bits per heavy atom. The normalized spacial score (nSPS) is 14.6. The molecule has 0 fully saturated rings. The monoisotopic (exact) mass is 537 g/mol. The summed E-state index contributed by atoms with van der Waals surface area (Å²) in [6.45, 7) is 12.9. The van der Waals surface area contributed by atoms with Gasteiger partial charge in [0.2, 0.25) is 0 Å². The van der Waals surface area contributed by atoms with Gasteiger partial charge < -0.3 is 19.4 Å². The van der Waals surface area contributed by atoms with Crippen molar-refractivity contribution in [1.29, 1.82) is 0 Å². The Balaban J connectivity index is 1.65. The number of amides is 1. The Bertz CT molecular complexity index is 1440. The lowest BCUT2D eigenvalue weighted by molar-refractivity contribution is 0.0648. The van der Waals surface area contributed by atoms with Crippen molar-refractivity contribution < 1.29 is 9.53 Å². The van der Waals surface area contributed by atoms with Gasteiger partial charge in [-0.3, -0.25) is 4.79 Å². The van der Waals surface area contributed by atoms with E-state index in [1.165, 1.54) is 0 Å². The summed E-state index contributed by atoms with van der Waals surface area (Å²) in [6.07, 6.45) is 0. The molecule has 1 amide bonds. The van der Waals surface area contributed by atoms with Crippen LogP contribution in [0.1, 0.15) is 59.6 Å². The number of carbonyl (C=O) groups excluding carboxylic acids is 1. The number of hydrogen-bond donors (Lipinski definition) is 0. The number of fused-ring (bicyclic) bond motifs is 6. The molecule has 0 saturated carbocycles. The molecule has 1 aromatic heterocycles. The van der Waals surface area contributed by atoms with Crippen LogP contribution in [-0.4, -0.2) is 37.0 Å². The minimum atomic E-state index is -0.788. The minimum Gasteiger partial charge on any atom is -0.456 e. The van der Waals surface area contributed by atoms with E-state index in [1.54, 1.807) is 11.3 Å². The third kappa shape index (κ3) is 3.84. The van der Waals surface area contributed by atoms with E-state index in [1.807, 2.05) is 18.2 Å². The summed E-state index contributed by atoms with van der Waals surface area (Å²) in [4.78, 5) is 22.1. The number of thiophene rings is 1. The second-order valence-corrected chi connectivity index (χ2v) is 11.1. The summed E-state index contributed by atoms with van der Waals surface area (Å²) in [6, 6.07) is 25.3. The number of ether oxygens (including phenoxy) is 1. The van der Waals surface area contributed by atoms with Gasteiger partial charge in [-0.1, -0.05) is 36.4 Å². The molecule has 39 heavy (non-hydrogen) atoms. The molecule has 3 aromatic carbocycles. The average molecular weight is 538 g/mol. The molecule has 3 heterocycles. The van der Waals surface area contributed by atoms with Crippen molar-refractivity contribution in [3.05, 3.63) is 105 Å². The highest BCUT2D eigenvalue weighted by Crippen LogP contribution is 2.58. The van der Waals surface area contributed by atoms with E-state index in [2.05, 4.69) is 102 Å². The van der Waals surface area contributed by atoms with Crippen molar-refractivity contribution >= 4 is 28.6 Å². The molecule has 6 rings (SSSR count). The fraction of sp³-hybridized carbons (Fsp3) is 0.303. The molecule has 0 saturated heterocycles. The molecule has 0 bridgehead atoms. The molecule has 0 atom stereocenters. The Morgan fingerprint density at radius 1 is 0.744 bits per heavy atom. The van der Waals surface area contributed by atoms with Gasteiger partial charge >= 0.3 is 0 Å². The summed E-state index contributed by atoms with van der Waals surface area (Å²) >= 11 is 1.69. The maximum Gasteiger partial charge on any atom is 0.255 e. The fourth-order valence-electron chi connectivity index (χ4n) is 6.38. The van der Waals surface area contributed by atoms with Crippen molar-refractivity contribution in [2.24, 2.45) is 0 Å². The van der Waals surface area contributed by atoms with Gasteiger partial charge in [0.25, 0.3) is 5.91 Å². The molecule has 0 unspecified atom stereocenters. The second kappa shape index (κ2) is 10.1. The molecule has 2 aliphatic rings. The lowest BCUT2D eigenvalue weighted by Crippen LogP contribution is -2.46. The quantitative estimate of drug-likeness (QED) is 0.233. The van der Waals surface area contributed by atoms with Gasteiger partial charge in [-0.25, -0.2) is 0 Å². The summed E-state index contributed by atoms with van der Waals surface area (Å²) in [5, 5.41) is 2.08. The number of hydrogen-bond acceptors (Lipinski definition) is 5. The first kappa shape index (κ1) is 25.5. The minimum absolute atomic E-state index is 0.0541. The number of rotatable bonds is 8. The molecule has 200 valence electrons. The third-order valence-corrected chi connectivity index (χ3v) is 9.14. The molecule has 4 aromatic rings. The van der Waals surface area contributed by atoms with Crippen LogP contribution < -0.4 is 14.5 Å². The zero-order valence-electron chi connectivity index (χ0n) is 23.1. The molecule has 0 radical (unpaired) electrons. The number of benzene rings is 3. The second-order valence-electron chi connectivity index (χ2n) is 10.0. The highest BCUT2D eigenvalue weighted by atomic mass is 32.1. The fourth-order valence-corrected chi connectivity index (χ4v) is 7.07. The summed E-state index contributed by atoms with van der Waals surface area (Å²) in [5.41, 5.74) is 5.26. The smallest absolute Gasteiger partial charge is 0.255 e. The van der Waals surface area contributed by atoms with Gasteiger partial charge in [0.1, 0.15) is 17.0 Å². The summed E-state index contributed by atoms with van der Waals surface area (Å²) in [5.74, 6) is 1.67. The number of anilines is 2. The summed E-state index contributed by atoms with van der Waals surface area (Å²) < 4.78 is 6.77. The largest absolute Gasteiger partial charge is 0.456 e. The lowest BCUT2D eigenvalue weighted by atomic mass is 9.74. The van der Waals surface area contributed by atoms with Crippen molar-refractivity contribution in [2.45, 2.75) is 39.8 Å². The van der Waals surface area contributed by atoms with Gasteiger partial charge in [0.05, 0.1) is 6.54 Å². The van der Waals surface area contributed by atoms with Crippen LogP contribution in [0, 0.1) is 0 Å². The predicted molar refractivity (Wildman–Crippen MR) is 161 cm³/mol. The molecule has 6 heteroatoms. The van der Waals surface area contributed by atoms with Gasteiger partial charge in [0.15, 0.2) is 0 Å². The highest BCUT2D eigenvalue weighted by molar-refractivity contribution is 7.09. The van der Waals surface area contributed by atoms with Crippen LogP contribution in [0.5, 0.6) is 11.5 Å². The third-order valence-electron chi connectivity index (χ3n) is 8.28. The van der Waals surface area contributed by atoms with E-state index in [0.717, 1.165) is 76.2 Å². The van der Waals surface area contributed by atoms with E-state index in [9.17, 15) is 4.79 Å². The molecule has 2 aliphatic heterocycles. The highest BCUT2D eigenvalue weighted by Gasteiger charge is 2.56. The van der Waals surface area contributed by atoms with Crippen LogP contribution >= 0.6 is 11.3 Å². The number of carbonyl (C=O) groups is 1. The van der Waals surface area contributed by atoms with Gasteiger partial charge in [-0.15, -0.1) is 11.3 Å². The van der Waals surface area contributed by atoms with Crippen LogP contribution in [0.15, 0.2) is 78.2 Å². The molecule has 0 N–H and O–H groups in total. The zero-order chi connectivity index (χ0) is 27.1. The van der Waals surface area contributed by atoms with Crippen LogP contribution in [0.3, 0.4) is 0 Å². The van der Waals surface area contributed by atoms with Crippen LogP contribution in [-0.2, 0) is 12.1 Å². The van der Waals surface area contributed by atoms with E-state index in [0.29, 0.717) is 6.54 Å². The number of nitrogens with zero attached hydrogens (tertiary/aromatic N) is 3. The Kier molecular flexibility index (Phi) is 6.59.